The lowest BCUT2D eigenvalue weighted by Gasteiger charge is -1.99. The molecule has 0 N–H and O–H groups in total. The molecule has 0 saturated carbocycles. The smallest absolute Gasteiger partial charge is 0.150 e. The van der Waals surface area contributed by atoms with Gasteiger partial charge in [0.05, 0.1) is 0 Å². The summed E-state index contributed by atoms with van der Waals surface area (Å²) in [5.74, 6) is -0.402. The van der Waals surface area contributed by atoms with Crippen LogP contribution in [0, 0.1) is 5.82 Å². The van der Waals surface area contributed by atoms with Crippen molar-refractivity contribution in [1.29, 1.82) is 0 Å². The van der Waals surface area contributed by atoms with Crippen molar-refractivity contribution < 1.29 is 9.18 Å². The van der Waals surface area contributed by atoms with Crippen LogP contribution in [0.15, 0.2) is 30.6 Å². The summed E-state index contributed by atoms with van der Waals surface area (Å²) in [6, 6.07) is 4.26. The molecule has 0 amide bonds. The molecule has 0 radical (unpaired) electrons. The fraction of sp³-hybridized carbons (Fsp3) is 0. The van der Waals surface area contributed by atoms with Crippen LogP contribution in [0.2, 0.25) is 0 Å². The van der Waals surface area contributed by atoms with E-state index in [0.717, 1.165) is 0 Å². The molecule has 0 atom stereocenters. The first-order chi connectivity index (χ1) is 6.31. The zero-order chi connectivity index (χ0) is 9.26. The molecular weight excluding hydrogens is 169 g/mol. The third-order valence-corrected chi connectivity index (χ3v) is 1.88. The summed E-state index contributed by atoms with van der Waals surface area (Å²) >= 11 is 0. The normalized spacial score (nSPS) is 10.2. The van der Waals surface area contributed by atoms with Crippen molar-refractivity contribution in [1.82, 2.24) is 4.98 Å². The van der Waals surface area contributed by atoms with Gasteiger partial charge in [0.1, 0.15) is 5.82 Å². The molecular formula is C10H6FNO. The standard InChI is InChI=1S/C10H6FNO/c11-9-3-7-1-2-12-5-10(7)8(4-9)6-13/h1-6H. The molecule has 0 aliphatic carbocycles. The molecule has 0 saturated heterocycles. The number of carbonyl (C=O) groups excluding carboxylic acids is 1. The Morgan fingerprint density at radius 1 is 1.38 bits per heavy atom. The van der Waals surface area contributed by atoms with Gasteiger partial charge in [-0.3, -0.25) is 9.78 Å². The summed E-state index contributed by atoms with van der Waals surface area (Å²) < 4.78 is 12.9. The van der Waals surface area contributed by atoms with Gasteiger partial charge < -0.3 is 0 Å². The molecule has 3 heteroatoms. The van der Waals surface area contributed by atoms with Crippen LogP contribution in [0.4, 0.5) is 4.39 Å². The zero-order valence-electron chi connectivity index (χ0n) is 6.70. The summed E-state index contributed by atoms with van der Waals surface area (Å²) in [5.41, 5.74) is 0.336. The zero-order valence-corrected chi connectivity index (χ0v) is 6.70. The van der Waals surface area contributed by atoms with E-state index in [0.29, 0.717) is 22.6 Å². The Hall–Kier alpha value is -1.77. The van der Waals surface area contributed by atoms with Crippen LogP contribution in [0.5, 0.6) is 0 Å². The Kier molecular flexibility index (Phi) is 1.77. The summed E-state index contributed by atoms with van der Waals surface area (Å²) in [6.07, 6.45) is 3.75. The monoisotopic (exact) mass is 175 g/mol. The Balaban J connectivity index is 2.89. The average Bonchev–Trinajstić information content (AvgIpc) is 2.16. The Labute approximate surface area is 74.0 Å². The summed E-state index contributed by atoms with van der Waals surface area (Å²) in [6.45, 7) is 0. The second kappa shape index (κ2) is 2.94. The molecule has 0 aliphatic heterocycles. The van der Waals surface area contributed by atoms with E-state index in [1.54, 1.807) is 18.5 Å². The van der Waals surface area contributed by atoms with Gasteiger partial charge in [-0.05, 0) is 23.6 Å². The van der Waals surface area contributed by atoms with Crippen LogP contribution in [-0.2, 0) is 0 Å². The van der Waals surface area contributed by atoms with Crippen molar-refractivity contribution in [2.45, 2.75) is 0 Å². The number of rotatable bonds is 1. The van der Waals surface area contributed by atoms with Gasteiger partial charge in [0.15, 0.2) is 6.29 Å². The third-order valence-electron chi connectivity index (χ3n) is 1.88. The van der Waals surface area contributed by atoms with Crippen LogP contribution >= 0.6 is 0 Å². The van der Waals surface area contributed by atoms with E-state index in [-0.39, 0.29) is 0 Å². The minimum Gasteiger partial charge on any atom is -0.298 e. The van der Waals surface area contributed by atoms with Crippen molar-refractivity contribution in [3.63, 3.8) is 0 Å². The van der Waals surface area contributed by atoms with Gasteiger partial charge >= 0.3 is 0 Å². The van der Waals surface area contributed by atoms with Crippen LogP contribution < -0.4 is 0 Å². The van der Waals surface area contributed by atoms with Crippen LogP contribution in [-0.4, -0.2) is 11.3 Å². The van der Waals surface area contributed by atoms with Gasteiger partial charge in [0, 0.05) is 23.3 Å². The first-order valence-electron chi connectivity index (χ1n) is 3.80. The molecule has 2 aromatic rings. The Morgan fingerprint density at radius 2 is 2.23 bits per heavy atom. The molecule has 13 heavy (non-hydrogen) atoms. The molecule has 2 rings (SSSR count). The number of benzene rings is 1. The lowest BCUT2D eigenvalue weighted by molar-refractivity contribution is 0.112. The summed E-state index contributed by atoms with van der Waals surface area (Å²) in [4.78, 5) is 14.4. The number of hydrogen-bond donors (Lipinski definition) is 0. The van der Waals surface area contributed by atoms with Crippen molar-refractivity contribution in [2.75, 3.05) is 0 Å². The lowest BCUT2D eigenvalue weighted by atomic mass is 10.1. The molecule has 0 spiro atoms. The molecule has 1 aromatic heterocycles. The molecule has 0 aliphatic rings. The second-order valence-electron chi connectivity index (χ2n) is 2.71. The number of aldehydes is 1. The Bertz CT molecular complexity index is 467. The highest BCUT2D eigenvalue weighted by Crippen LogP contribution is 2.17. The highest BCUT2D eigenvalue weighted by atomic mass is 19.1. The summed E-state index contributed by atoms with van der Waals surface area (Å²) in [7, 11) is 0. The van der Waals surface area contributed by atoms with Gasteiger partial charge in [0.25, 0.3) is 0 Å². The molecule has 64 valence electrons. The van der Waals surface area contributed by atoms with E-state index < -0.39 is 5.82 Å². The average molecular weight is 175 g/mol. The van der Waals surface area contributed by atoms with Crippen LogP contribution in [0.25, 0.3) is 10.8 Å². The van der Waals surface area contributed by atoms with Crippen molar-refractivity contribution >= 4 is 17.1 Å². The van der Waals surface area contributed by atoms with Crippen molar-refractivity contribution in [3.8, 4) is 0 Å². The van der Waals surface area contributed by atoms with Gasteiger partial charge in [-0.15, -0.1) is 0 Å². The van der Waals surface area contributed by atoms with Crippen LogP contribution in [0.1, 0.15) is 10.4 Å². The number of aromatic nitrogens is 1. The largest absolute Gasteiger partial charge is 0.298 e. The number of hydrogen-bond acceptors (Lipinski definition) is 2. The first-order valence-corrected chi connectivity index (χ1v) is 3.80. The van der Waals surface area contributed by atoms with E-state index in [9.17, 15) is 9.18 Å². The molecule has 0 unspecified atom stereocenters. The Morgan fingerprint density at radius 3 is 3.00 bits per heavy atom. The topological polar surface area (TPSA) is 30.0 Å². The second-order valence-corrected chi connectivity index (χ2v) is 2.71. The maximum atomic E-state index is 12.9. The summed E-state index contributed by atoms with van der Waals surface area (Å²) in [5, 5.41) is 1.37. The minimum absolute atomic E-state index is 0.336. The minimum atomic E-state index is -0.402. The van der Waals surface area contributed by atoms with E-state index in [4.69, 9.17) is 0 Å². The van der Waals surface area contributed by atoms with E-state index in [1.165, 1.54) is 12.1 Å². The fourth-order valence-corrected chi connectivity index (χ4v) is 1.29. The number of halogens is 1. The van der Waals surface area contributed by atoms with E-state index >= 15 is 0 Å². The predicted octanol–water partition coefficient (Wildman–Crippen LogP) is 2.19. The quantitative estimate of drug-likeness (QED) is 0.622. The van der Waals surface area contributed by atoms with Crippen molar-refractivity contribution in [2.24, 2.45) is 0 Å². The third kappa shape index (κ3) is 1.28. The number of nitrogens with zero attached hydrogens (tertiary/aromatic N) is 1. The maximum absolute atomic E-state index is 12.9. The van der Waals surface area contributed by atoms with Gasteiger partial charge in [0.2, 0.25) is 0 Å². The molecule has 0 bridgehead atoms. The molecule has 2 nitrogen and oxygen atoms in total. The maximum Gasteiger partial charge on any atom is 0.150 e. The number of carbonyl (C=O) groups is 1. The van der Waals surface area contributed by atoms with Gasteiger partial charge in [-0.1, -0.05) is 0 Å². The SMILES string of the molecule is O=Cc1cc(F)cc2ccncc12. The van der Waals surface area contributed by atoms with E-state index in [1.807, 2.05) is 0 Å². The fourth-order valence-electron chi connectivity index (χ4n) is 1.29. The molecule has 1 aromatic carbocycles. The highest BCUT2D eigenvalue weighted by Gasteiger charge is 2.02. The number of fused-ring (bicyclic) bond motifs is 1. The first kappa shape index (κ1) is 7.86. The molecule has 1 heterocycles. The highest BCUT2D eigenvalue weighted by molar-refractivity contribution is 5.97. The van der Waals surface area contributed by atoms with Crippen LogP contribution in [0.3, 0.4) is 0 Å². The lowest BCUT2D eigenvalue weighted by Crippen LogP contribution is -1.86. The predicted molar refractivity (Wildman–Crippen MR) is 47.1 cm³/mol. The number of pyridine rings is 1. The van der Waals surface area contributed by atoms with E-state index in [2.05, 4.69) is 4.98 Å². The van der Waals surface area contributed by atoms with Gasteiger partial charge in [-0.25, -0.2) is 4.39 Å². The molecule has 0 fully saturated rings. The van der Waals surface area contributed by atoms with Gasteiger partial charge in [-0.2, -0.15) is 0 Å². The van der Waals surface area contributed by atoms with Crippen molar-refractivity contribution in [3.05, 3.63) is 42.0 Å².